The van der Waals surface area contributed by atoms with Crippen molar-refractivity contribution < 1.29 is 13.2 Å². The Labute approximate surface area is 87.3 Å². The first-order chi connectivity index (χ1) is 6.97. The number of hydrogen-bond donors (Lipinski definition) is 1. The van der Waals surface area contributed by atoms with Crippen LogP contribution in [0, 0.1) is 0 Å². The van der Waals surface area contributed by atoms with Crippen molar-refractivity contribution in [2.45, 2.75) is 25.6 Å². The van der Waals surface area contributed by atoms with Gasteiger partial charge in [0.05, 0.1) is 6.54 Å². The second-order valence-electron chi connectivity index (χ2n) is 3.59. The van der Waals surface area contributed by atoms with Crippen LogP contribution in [-0.4, -0.2) is 18.8 Å². The molecule has 0 saturated heterocycles. The van der Waals surface area contributed by atoms with Crippen LogP contribution in [0.5, 0.6) is 0 Å². The lowest BCUT2D eigenvalue weighted by Crippen LogP contribution is -2.36. The van der Waals surface area contributed by atoms with Crippen molar-refractivity contribution in [3.05, 3.63) is 35.9 Å². The van der Waals surface area contributed by atoms with Gasteiger partial charge in [-0.05, 0) is 18.9 Å². The minimum Gasteiger partial charge on any atom is -0.306 e. The number of nitrogens with one attached hydrogen (secondary N) is 1. The van der Waals surface area contributed by atoms with Crippen LogP contribution in [0.25, 0.3) is 0 Å². The molecule has 1 N–H and O–H groups in total. The number of halogens is 3. The average molecular weight is 217 g/mol. The molecule has 0 aliphatic carbocycles. The fraction of sp³-hybridized carbons (Fsp3) is 0.455. The predicted octanol–water partition coefficient (Wildman–Crippen LogP) is 2.77. The van der Waals surface area contributed by atoms with E-state index in [-0.39, 0.29) is 6.04 Å². The molecule has 1 nitrogen and oxygen atoms in total. The maximum absolute atomic E-state index is 11.9. The number of alkyl halides is 3. The predicted molar refractivity (Wildman–Crippen MR) is 53.7 cm³/mol. The first-order valence-corrected chi connectivity index (χ1v) is 4.81. The van der Waals surface area contributed by atoms with E-state index >= 15 is 0 Å². The number of benzene rings is 1. The van der Waals surface area contributed by atoms with Gasteiger partial charge in [-0.2, -0.15) is 13.2 Å². The van der Waals surface area contributed by atoms with Crippen LogP contribution in [0.15, 0.2) is 30.3 Å². The highest BCUT2D eigenvalue weighted by Crippen LogP contribution is 2.13. The first-order valence-electron chi connectivity index (χ1n) is 4.81. The van der Waals surface area contributed by atoms with Crippen molar-refractivity contribution in [2.75, 3.05) is 6.54 Å². The normalized spacial score (nSPS) is 13.9. The van der Waals surface area contributed by atoms with Crippen LogP contribution >= 0.6 is 0 Å². The largest absolute Gasteiger partial charge is 0.401 e. The Hall–Kier alpha value is -1.03. The summed E-state index contributed by atoms with van der Waals surface area (Å²) in [7, 11) is 0. The highest BCUT2D eigenvalue weighted by molar-refractivity contribution is 5.15. The molecule has 0 heterocycles. The summed E-state index contributed by atoms with van der Waals surface area (Å²) in [6, 6.07) is 9.29. The van der Waals surface area contributed by atoms with E-state index in [0.717, 1.165) is 5.56 Å². The third-order valence-electron chi connectivity index (χ3n) is 2.04. The third-order valence-corrected chi connectivity index (χ3v) is 2.04. The summed E-state index contributed by atoms with van der Waals surface area (Å²) in [6.45, 7) is 0.819. The van der Waals surface area contributed by atoms with Gasteiger partial charge < -0.3 is 5.32 Å². The molecule has 1 aromatic carbocycles. The molecule has 1 unspecified atom stereocenters. The van der Waals surface area contributed by atoms with E-state index in [1.165, 1.54) is 0 Å². The van der Waals surface area contributed by atoms with E-state index in [9.17, 15) is 13.2 Å². The van der Waals surface area contributed by atoms with Crippen molar-refractivity contribution in [2.24, 2.45) is 0 Å². The monoisotopic (exact) mass is 217 g/mol. The van der Waals surface area contributed by atoms with Gasteiger partial charge in [0.15, 0.2) is 0 Å². The molecule has 0 saturated carbocycles. The molecule has 0 fully saturated rings. The molecule has 0 aromatic heterocycles. The zero-order valence-corrected chi connectivity index (χ0v) is 8.51. The lowest BCUT2D eigenvalue weighted by atomic mass is 10.1. The Morgan fingerprint density at radius 2 is 1.80 bits per heavy atom. The van der Waals surface area contributed by atoms with Gasteiger partial charge in [0.1, 0.15) is 0 Å². The summed E-state index contributed by atoms with van der Waals surface area (Å²) >= 11 is 0. The van der Waals surface area contributed by atoms with E-state index in [0.29, 0.717) is 6.42 Å². The summed E-state index contributed by atoms with van der Waals surface area (Å²) in [5, 5.41) is 2.45. The van der Waals surface area contributed by atoms with Crippen LogP contribution in [-0.2, 0) is 6.42 Å². The molecule has 0 amide bonds. The van der Waals surface area contributed by atoms with E-state index in [4.69, 9.17) is 0 Å². The fourth-order valence-corrected chi connectivity index (χ4v) is 1.33. The molecule has 84 valence electrons. The molecule has 0 spiro atoms. The van der Waals surface area contributed by atoms with Crippen LogP contribution in [0.3, 0.4) is 0 Å². The Kier molecular flexibility index (Phi) is 4.15. The molecule has 1 aromatic rings. The highest BCUT2D eigenvalue weighted by atomic mass is 19.4. The van der Waals surface area contributed by atoms with Crippen molar-refractivity contribution in [1.29, 1.82) is 0 Å². The van der Waals surface area contributed by atoms with Crippen LogP contribution in [0.2, 0.25) is 0 Å². The van der Waals surface area contributed by atoms with Crippen LogP contribution in [0.4, 0.5) is 13.2 Å². The molecular weight excluding hydrogens is 203 g/mol. The number of hydrogen-bond acceptors (Lipinski definition) is 1. The van der Waals surface area contributed by atoms with Gasteiger partial charge in [-0.15, -0.1) is 0 Å². The van der Waals surface area contributed by atoms with Gasteiger partial charge in [-0.1, -0.05) is 30.3 Å². The third kappa shape index (κ3) is 5.42. The van der Waals surface area contributed by atoms with Crippen molar-refractivity contribution in [1.82, 2.24) is 5.32 Å². The van der Waals surface area contributed by atoms with Gasteiger partial charge in [0, 0.05) is 6.04 Å². The standard InChI is InChI=1S/C11H14F3N/c1-9(15-8-11(12,13)14)7-10-5-3-2-4-6-10/h2-6,9,15H,7-8H2,1H3. The molecule has 0 bridgehead atoms. The van der Waals surface area contributed by atoms with Gasteiger partial charge in [-0.3, -0.25) is 0 Å². The Morgan fingerprint density at radius 1 is 1.20 bits per heavy atom. The summed E-state index contributed by atoms with van der Waals surface area (Å²) in [4.78, 5) is 0. The summed E-state index contributed by atoms with van der Waals surface area (Å²) < 4.78 is 35.7. The van der Waals surface area contributed by atoms with Crippen LogP contribution in [0.1, 0.15) is 12.5 Å². The summed E-state index contributed by atoms with van der Waals surface area (Å²) in [6.07, 6.45) is -3.53. The zero-order valence-electron chi connectivity index (χ0n) is 8.51. The quantitative estimate of drug-likeness (QED) is 0.817. The summed E-state index contributed by atoms with van der Waals surface area (Å²) in [5.41, 5.74) is 1.04. The zero-order chi connectivity index (χ0) is 11.3. The molecule has 4 heteroatoms. The molecular formula is C11H14F3N. The number of rotatable bonds is 4. The lowest BCUT2D eigenvalue weighted by molar-refractivity contribution is -0.126. The molecule has 0 aliphatic rings. The maximum atomic E-state index is 11.9. The molecule has 15 heavy (non-hydrogen) atoms. The molecule has 0 aliphatic heterocycles. The SMILES string of the molecule is CC(Cc1ccccc1)NCC(F)(F)F. The molecule has 1 atom stereocenters. The van der Waals surface area contributed by atoms with E-state index < -0.39 is 12.7 Å². The second kappa shape index (κ2) is 5.16. The Bertz CT molecular complexity index is 282. The first kappa shape index (κ1) is 12.0. The summed E-state index contributed by atoms with van der Waals surface area (Å²) in [5.74, 6) is 0. The van der Waals surface area contributed by atoms with Gasteiger partial charge in [-0.25, -0.2) is 0 Å². The van der Waals surface area contributed by atoms with Crippen molar-refractivity contribution >= 4 is 0 Å². The van der Waals surface area contributed by atoms with Gasteiger partial charge in [0.2, 0.25) is 0 Å². The van der Waals surface area contributed by atoms with Gasteiger partial charge >= 0.3 is 6.18 Å². The van der Waals surface area contributed by atoms with E-state index in [1.54, 1.807) is 6.92 Å². The fourth-order valence-electron chi connectivity index (χ4n) is 1.33. The molecule has 1 rings (SSSR count). The maximum Gasteiger partial charge on any atom is 0.401 e. The van der Waals surface area contributed by atoms with E-state index in [2.05, 4.69) is 5.32 Å². The average Bonchev–Trinajstić information content (AvgIpc) is 2.15. The van der Waals surface area contributed by atoms with Crippen molar-refractivity contribution in [3.63, 3.8) is 0 Å². The topological polar surface area (TPSA) is 12.0 Å². The molecule has 0 radical (unpaired) electrons. The van der Waals surface area contributed by atoms with Crippen LogP contribution < -0.4 is 5.32 Å². The highest BCUT2D eigenvalue weighted by Gasteiger charge is 2.27. The Morgan fingerprint density at radius 3 is 2.33 bits per heavy atom. The van der Waals surface area contributed by atoms with E-state index in [1.807, 2.05) is 30.3 Å². The minimum atomic E-state index is -4.13. The second-order valence-corrected chi connectivity index (χ2v) is 3.59. The lowest BCUT2D eigenvalue weighted by Gasteiger charge is -2.15. The Balaban J connectivity index is 2.34. The van der Waals surface area contributed by atoms with Gasteiger partial charge in [0.25, 0.3) is 0 Å². The van der Waals surface area contributed by atoms with Crippen molar-refractivity contribution in [3.8, 4) is 0 Å². The minimum absolute atomic E-state index is 0.172. The smallest absolute Gasteiger partial charge is 0.306 e.